The topological polar surface area (TPSA) is 47.3 Å². The number of anilines is 3. The highest BCUT2D eigenvalue weighted by Crippen LogP contribution is 2.26. The second-order valence-electron chi connectivity index (χ2n) is 3.99. The molecule has 0 fully saturated rings. The molecule has 0 aromatic heterocycles. The lowest BCUT2D eigenvalue weighted by Gasteiger charge is -2.11. The van der Waals surface area contributed by atoms with Crippen LogP contribution in [0.2, 0.25) is 5.02 Å². The predicted octanol–water partition coefficient (Wildman–Crippen LogP) is 3.81. The summed E-state index contributed by atoms with van der Waals surface area (Å²) >= 11 is 5.95. The molecule has 94 valence electrons. The summed E-state index contributed by atoms with van der Waals surface area (Å²) in [6.45, 7) is 0.584. The minimum absolute atomic E-state index is 0.584. The Morgan fingerprint density at radius 1 is 1.22 bits per heavy atom. The maximum atomic E-state index is 5.95. The van der Waals surface area contributed by atoms with Crippen molar-refractivity contribution in [1.82, 2.24) is 0 Å². The molecule has 0 amide bonds. The molecule has 0 spiro atoms. The number of hydrogen-bond acceptors (Lipinski definition) is 3. The maximum Gasteiger partial charge on any atom is 0.0713 e. The minimum atomic E-state index is 0.584. The van der Waals surface area contributed by atoms with Gasteiger partial charge in [-0.15, -0.1) is 0 Å². The largest absolute Gasteiger partial charge is 0.397 e. The van der Waals surface area contributed by atoms with Gasteiger partial charge in [-0.25, -0.2) is 0 Å². The molecular weight excluding hydrogens is 248 g/mol. The third-order valence-corrected chi connectivity index (χ3v) is 2.77. The average Bonchev–Trinajstić information content (AvgIpc) is 2.35. The van der Waals surface area contributed by atoms with E-state index in [9.17, 15) is 0 Å². The van der Waals surface area contributed by atoms with E-state index in [1.54, 1.807) is 25.3 Å². The lowest BCUT2D eigenvalue weighted by Crippen LogP contribution is -1.97. The fourth-order valence-corrected chi connectivity index (χ4v) is 1.87. The summed E-state index contributed by atoms with van der Waals surface area (Å²) in [5, 5.41) is 3.90. The second-order valence-corrected chi connectivity index (χ2v) is 4.43. The zero-order valence-electron chi connectivity index (χ0n) is 10.1. The Kier molecular flexibility index (Phi) is 4.07. The first-order chi connectivity index (χ1) is 8.69. The van der Waals surface area contributed by atoms with Gasteiger partial charge in [0.25, 0.3) is 0 Å². The van der Waals surface area contributed by atoms with Crippen LogP contribution in [-0.2, 0) is 11.3 Å². The van der Waals surface area contributed by atoms with E-state index in [0.29, 0.717) is 17.3 Å². The summed E-state index contributed by atoms with van der Waals surface area (Å²) in [6, 6.07) is 13.3. The Morgan fingerprint density at radius 2 is 2.06 bits per heavy atom. The number of halogens is 1. The molecule has 2 rings (SSSR count). The Bertz CT molecular complexity index is 543. The Morgan fingerprint density at radius 3 is 2.83 bits per heavy atom. The molecule has 18 heavy (non-hydrogen) atoms. The maximum absolute atomic E-state index is 5.95. The van der Waals surface area contributed by atoms with Crippen LogP contribution in [0.3, 0.4) is 0 Å². The van der Waals surface area contributed by atoms with Crippen LogP contribution in [-0.4, -0.2) is 7.11 Å². The molecule has 0 aliphatic rings. The molecule has 3 N–H and O–H groups in total. The number of rotatable bonds is 4. The number of methoxy groups -OCH3 is 1. The fraction of sp³-hybridized carbons (Fsp3) is 0.143. The van der Waals surface area contributed by atoms with Crippen LogP contribution in [0.15, 0.2) is 42.5 Å². The van der Waals surface area contributed by atoms with E-state index < -0.39 is 0 Å². The molecule has 0 saturated heterocycles. The quantitative estimate of drug-likeness (QED) is 0.824. The molecule has 0 radical (unpaired) electrons. The van der Waals surface area contributed by atoms with Gasteiger partial charge in [-0.05, 0) is 35.9 Å². The van der Waals surface area contributed by atoms with E-state index in [0.717, 1.165) is 16.9 Å². The molecule has 0 aliphatic carbocycles. The summed E-state index contributed by atoms with van der Waals surface area (Å²) in [4.78, 5) is 0. The first-order valence-electron chi connectivity index (χ1n) is 5.59. The summed E-state index contributed by atoms with van der Waals surface area (Å²) in [5.74, 6) is 0. The summed E-state index contributed by atoms with van der Waals surface area (Å²) in [7, 11) is 1.68. The standard InChI is InChI=1S/C14H15ClN2O/c1-18-9-10-3-2-4-12(7-10)17-14-8-11(15)5-6-13(14)16/h2-8,17H,9,16H2,1H3. The van der Waals surface area contributed by atoms with Crippen molar-refractivity contribution in [2.75, 3.05) is 18.2 Å². The van der Waals surface area contributed by atoms with Crippen molar-refractivity contribution in [3.8, 4) is 0 Å². The van der Waals surface area contributed by atoms with E-state index in [1.807, 2.05) is 24.3 Å². The van der Waals surface area contributed by atoms with Gasteiger partial charge in [-0.2, -0.15) is 0 Å². The lowest BCUT2D eigenvalue weighted by molar-refractivity contribution is 0.185. The van der Waals surface area contributed by atoms with Crippen LogP contribution >= 0.6 is 11.6 Å². The molecule has 0 bridgehead atoms. The van der Waals surface area contributed by atoms with Gasteiger partial charge in [0.15, 0.2) is 0 Å². The third kappa shape index (κ3) is 3.15. The third-order valence-electron chi connectivity index (χ3n) is 2.53. The average molecular weight is 263 g/mol. The van der Waals surface area contributed by atoms with Crippen LogP contribution in [0.1, 0.15) is 5.56 Å². The van der Waals surface area contributed by atoms with E-state index in [-0.39, 0.29) is 0 Å². The highest BCUT2D eigenvalue weighted by molar-refractivity contribution is 6.31. The van der Waals surface area contributed by atoms with Crippen LogP contribution < -0.4 is 11.1 Å². The van der Waals surface area contributed by atoms with Gasteiger partial charge < -0.3 is 15.8 Å². The van der Waals surface area contributed by atoms with Crippen LogP contribution in [0.5, 0.6) is 0 Å². The molecule has 2 aromatic rings. The molecule has 0 heterocycles. The van der Waals surface area contributed by atoms with Gasteiger partial charge >= 0.3 is 0 Å². The number of nitrogens with two attached hydrogens (primary N) is 1. The van der Waals surface area contributed by atoms with Gasteiger partial charge in [0.2, 0.25) is 0 Å². The first-order valence-corrected chi connectivity index (χ1v) is 5.97. The molecule has 4 heteroatoms. The van der Waals surface area contributed by atoms with Crippen molar-refractivity contribution in [3.05, 3.63) is 53.1 Å². The van der Waals surface area contributed by atoms with Crippen molar-refractivity contribution in [2.24, 2.45) is 0 Å². The zero-order valence-corrected chi connectivity index (χ0v) is 10.9. The van der Waals surface area contributed by atoms with Crippen molar-refractivity contribution < 1.29 is 4.74 Å². The number of benzene rings is 2. The van der Waals surface area contributed by atoms with Crippen LogP contribution in [0.4, 0.5) is 17.1 Å². The Labute approximate surface area is 112 Å². The Hall–Kier alpha value is -1.71. The zero-order chi connectivity index (χ0) is 13.0. The van der Waals surface area contributed by atoms with Crippen molar-refractivity contribution in [3.63, 3.8) is 0 Å². The summed E-state index contributed by atoms with van der Waals surface area (Å²) < 4.78 is 5.10. The molecule has 0 unspecified atom stereocenters. The fourth-order valence-electron chi connectivity index (χ4n) is 1.70. The van der Waals surface area contributed by atoms with E-state index in [2.05, 4.69) is 5.32 Å². The summed E-state index contributed by atoms with van der Waals surface area (Å²) in [6.07, 6.45) is 0. The van der Waals surface area contributed by atoms with Crippen molar-refractivity contribution >= 4 is 28.7 Å². The van der Waals surface area contributed by atoms with Gasteiger partial charge in [0.1, 0.15) is 0 Å². The lowest BCUT2D eigenvalue weighted by atomic mass is 10.2. The predicted molar refractivity (Wildman–Crippen MR) is 76.3 cm³/mol. The highest BCUT2D eigenvalue weighted by Gasteiger charge is 2.01. The van der Waals surface area contributed by atoms with E-state index >= 15 is 0 Å². The molecule has 0 atom stereocenters. The number of hydrogen-bond donors (Lipinski definition) is 2. The minimum Gasteiger partial charge on any atom is -0.397 e. The monoisotopic (exact) mass is 262 g/mol. The molecule has 2 aromatic carbocycles. The van der Waals surface area contributed by atoms with E-state index in [1.165, 1.54) is 0 Å². The number of nitrogens with one attached hydrogen (secondary N) is 1. The molecular formula is C14H15ClN2O. The smallest absolute Gasteiger partial charge is 0.0713 e. The number of ether oxygens (including phenoxy) is 1. The number of nitrogen functional groups attached to an aromatic ring is 1. The SMILES string of the molecule is COCc1cccc(Nc2cc(Cl)ccc2N)c1. The Balaban J connectivity index is 2.22. The summed E-state index contributed by atoms with van der Waals surface area (Å²) in [5.41, 5.74) is 9.41. The molecule has 0 saturated carbocycles. The van der Waals surface area contributed by atoms with Gasteiger partial charge in [-0.1, -0.05) is 23.7 Å². The van der Waals surface area contributed by atoms with Gasteiger partial charge in [-0.3, -0.25) is 0 Å². The molecule has 3 nitrogen and oxygen atoms in total. The normalized spacial score (nSPS) is 10.3. The first kappa shape index (κ1) is 12.7. The molecule has 0 aliphatic heterocycles. The van der Waals surface area contributed by atoms with Gasteiger partial charge in [0.05, 0.1) is 18.0 Å². The van der Waals surface area contributed by atoms with Crippen molar-refractivity contribution in [2.45, 2.75) is 6.61 Å². The highest BCUT2D eigenvalue weighted by atomic mass is 35.5. The second kappa shape index (κ2) is 5.76. The van der Waals surface area contributed by atoms with Crippen LogP contribution in [0, 0.1) is 0 Å². The van der Waals surface area contributed by atoms with Crippen molar-refractivity contribution in [1.29, 1.82) is 0 Å². The van der Waals surface area contributed by atoms with Gasteiger partial charge in [0, 0.05) is 17.8 Å². The van der Waals surface area contributed by atoms with Crippen LogP contribution in [0.25, 0.3) is 0 Å². The van der Waals surface area contributed by atoms with E-state index in [4.69, 9.17) is 22.1 Å².